The SMILES string of the molecule is CC(C)C(=O)N1CCc2ccc(OCc3nc(C(=O)N4CCCC4)co3)cc2C1c1ccc(F)cc1. The van der Waals surface area contributed by atoms with Gasteiger partial charge in [-0.1, -0.05) is 32.0 Å². The van der Waals surface area contributed by atoms with Gasteiger partial charge in [-0.3, -0.25) is 9.59 Å². The van der Waals surface area contributed by atoms with Gasteiger partial charge in [-0.15, -0.1) is 0 Å². The van der Waals surface area contributed by atoms with Crippen molar-refractivity contribution < 1.29 is 23.1 Å². The quantitative estimate of drug-likeness (QED) is 0.497. The lowest BCUT2D eigenvalue weighted by atomic mass is 9.87. The van der Waals surface area contributed by atoms with Gasteiger partial charge in [0, 0.05) is 25.6 Å². The number of amides is 2. The van der Waals surface area contributed by atoms with Crippen molar-refractivity contribution >= 4 is 11.8 Å². The van der Waals surface area contributed by atoms with E-state index in [0.29, 0.717) is 23.9 Å². The minimum absolute atomic E-state index is 0.0521. The van der Waals surface area contributed by atoms with E-state index in [-0.39, 0.29) is 36.2 Å². The molecule has 3 aromatic rings. The predicted octanol–water partition coefficient (Wildman–Crippen LogP) is 4.76. The number of halogens is 1. The van der Waals surface area contributed by atoms with E-state index in [4.69, 9.17) is 9.15 Å². The Hall–Kier alpha value is -3.68. The van der Waals surface area contributed by atoms with Gasteiger partial charge in [0.1, 0.15) is 17.8 Å². The van der Waals surface area contributed by atoms with Gasteiger partial charge in [0.2, 0.25) is 11.8 Å². The minimum atomic E-state index is -0.334. The molecule has 8 heteroatoms. The number of carbonyl (C=O) groups excluding carboxylic acids is 2. The Morgan fingerprint density at radius 3 is 2.58 bits per heavy atom. The first-order valence-electron chi connectivity index (χ1n) is 12.5. The van der Waals surface area contributed by atoms with Crippen LogP contribution >= 0.6 is 0 Å². The standard InChI is InChI=1S/C28H30FN3O4/c1-18(2)27(33)32-14-11-19-7-10-22(15-23(19)26(32)20-5-8-21(29)9-6-20)35-17-25-30-24(16-36-25)28(34)31-12-3-4-13-31/h5-10,15-16,18,26H,3-4,11-14,17H2,1-2H3. The first-order valence-corrected chi connectivity index (χ1v) is 12.5. The fraction of sp³-hybridized carbons (Fsp3) is 0.393. The van der Waals surface area contributed by atoms with E-state index >= 15 is 0 Å². The molecule has 0 saturated carbocycles. The average molecular weight is 492 g/mol. The third kappa shape index (κ3) is 4.85. The average Bonchev–Trinajstić information content (AvgIpc) is 3.59. The van der Waals surface area contributed by atoms with E-state index in [1.807, 2.05) is 36.9 Å². The Kier molecular flexibility index (Phi) is 6.76. The maximum atomic E-state index is 13.7. The van der Waals surface area contributed by atoms with Crippen molar-refractivity contribution in [1.29, 1.82) is 0 Å². The monoisotopic (exact) mass is 491 g/mol. The first kappa shape index (κ1) is 24.0. The lowest BCUT2D eigenvalue weighted by molar-refractivity contribution is -0.136. The van der Waals surface area contributed by atoms with Crippen LogP contribution in [0.5, 0.6) is 5.75 Å². The summed E-state index contributed by atoms with van der Waals surface area (Å²) in [7, 11) is 0. The number of oxazole rings is 1. The van der Waals surface area contributed by atoms with Gasteiger partial charge < -0.3 is 19.0 Å². The van der Waals surface area contributed by atoms with E-state index in [2.05, 4.69) is 4.98 Å². The van der Waals surface area contributed by atoms with E-state index in [0.717, 1.165) is 49.0 Å². The van der Waals surface area contributed by atoms with Gasteiger partial charge in [-0.2, -0.15) is 0 Å². The molecule has 0 bridgehead atoms. The van der Waals surface area contributed by atoms with Crippen LogP contribution in [0.4, 0.5) is 4.39 Å². The van der Waals surface area contributed by atoms with Crippen molar-refractivity contribution in [3.05, 3.63) is 82.8 Å². The molecule has 0 radical (unpaired) electrons. The van der Waals surface area contributed by atoms with Gasteiger partial charge in [-0.25, -0.2) is 9.37 Å². The maximum Gasteiger partial charge on any atom is 0.275 e. The number of fused-ring (bicyclic) bond motifs is 1. The normalized spacial score (nSPS) is 17.4. The summed E-state index contributed by atoms with van der Waals surface area (Å²) in [5, 5.41) is 0. The van der Waals surface area contributed by atoms with Crippen LogP contribution in [0.25, 0.3) is 0 Å². The summed E-state index contributed by atoms with van der Waals surface area (Å²) in [5.74, 6) is 0.385. The third-order valence-electron chi connectivity index (χ3n) is 6.83. The maximum absolute atomic E-state index is 13.7. The number of hydrogen-bond donors (Lipinski definition) is 0. The zero-order valence-electron chi connectivity index (χ0n) is 20.6. The Balaban J connectivity index is 1.37. The van der Waals surface area contributed by atoms with E-state index in [1.54, 1.807) is 17.0 Å². The number of likely N-dealkylation sites (tertiary alicyclic amines) is 1. The largest absolute Gasteiger partial charge is 0.484 e. The second kappa shape index (κ2) is 10.1. The summed E-state index contributed by atoms with van der Waals surface area (Å²) < 4.78 is 25.1. The summed E-state index contributed by atoms with van der Waals surface area (Å²) in [4.78, 5) is 33.6. The Morgan fingerprint density at radius 2 is 1.86 bits per heavy atom. The minimum Gasteiger partial charge on any atom is -0.484 e. The molecule has 188 valence electrons. The molecule has 1 fully saturated rings. The fourth-order valence-corrected chi connectivity index (χ4v) is 4.96. The van der Waals surface area contributed by atoms with Gasteiger partial charge in [0.15, 0.2) is 12.3 Å². The Labute approximate surface area is 209 Å². The second-order valence-corrected chi connectivity index (χ2v) is 9.67. The van der Waals surface area contributed by atoms with Crippen molar-refractivity contribution in [2.24, 2.45) is 5.92 Å². The number of nitrogens with zero attached hydrogens (tertiary/aromatic N) is 3. The molecule has 5 rings (SSSR count). The second-order valence-electron chi connectivity index (χ2n) is 9.67. The third-order valence-corrected chi connectivity index (χ3v) is 6.83. The smallest absolute Gasteiger partial charge is 0.275 e. The van der Waals surface area contributed by atoms with Crippen LogP contribution in [-0.4, -0.2) is 46.2 Å². The van der Waals surface area contributed by atoms with Crippen LogP contribution in [0.3, 0.4) is 0 Å². The van der Waals surface area contributed by atoms with Crippen molar-refractivity contribution in [1.82, 2.24) is 14.8 Å². The van der Waals surface area contributed by atoms with Crippen LogP contribution < -0.4 is 4.74 Å². The number of hydrogen-bond acceptors (Lipinski definition) is 5. The first-order chi connectivity index (χ1) is 17.4. The molecule has 2 aliphatic rings. The molecule has 7 nitrogen and oxygen atoms in total. The molecule has 2 amide bonds. The van der Waals surface area contributed by atoms with Crippen molar-refractivity contribution in [3.8, 4) is 5.75 Å². The number of benzene rings is 2. The Bertz CT molecular complexity index is 1250. The molecule has 0 spiro atoms. The fourth-order valence-electron chi connectivity index (χ4n) is 4.96. The zero-order valence-corrected chi connectivity index (χ0v) is 20.6. The summed E-state index contributed by atoms with van der Waals surface area (Å²) in [5.41, 5.74) is 3.22. The molecular weight excluding hydrogens is 461 g/mol. The number of aromatic nitrogens is 1. The summed E-state index contributed by atoms with van der Waals surface area (Å²) in [6.07, 6.45) is 4.13. The molecule has 1 saturated heterocycles. The highest BCUT2D eigenvalue weighted by atomic mass is 19.1. The van der Waals surface area contributed by atoms with E-state index < -0.39 is 0 Å². The molecule has 1 atom stereocenters. The summed E-state index contributed by atoms with van der Waals surface area (Å²) in [6.45, 7) is 5.94. The van der Waals surface area contributed by atoms with Crippen LogP contribution in [0, 0.1) is 11.7 Å². The van der Waals surface area contributed by atoms with Crippen molar-refractivity contribution in [2.75, 3.05) is 19.6 Å². The van der Waals surface area contributed by atoms with E-state index in [1.165, 1.54) is 18.4 Å². The zero-order chi connectivity index (χ0) is 25.2. The molecule has 2 aliphatic heterocycles. The molecular formula is C28H30FN3O4. The lowest BCUT2D eigenvalue weighted by Crippen LogP contribution is -2.42. The highest BCUT2D eigenvalue weighted by molar-refractivity contribution is 5.92. The molecule has 0 aliphatic carbocycles. The van der Waals surface area contributed by atoms with Crippen LogP contribution in [0.1, 0.15) is 65.8 Å². The van der Waals surface area contributed by atoms with Crippen molar-refractivity contribution in [3.63, 3.8) is 0 Å². The number of carbonyl (C=O) groups is 2. The summed E-state index contributed by atoms with van der Waals surface area (Å²) >= 11 is 0. The molecule has 3 heterocycles. The number of ether oxygens (including phenoxy) is 1. The van der Waals surface area contributed by atoms with Crippen LogP contribution in [0.15, 0.2) is 53.1 Å². The predicted molar refractivity (Wildman–Crippen MR) is 131 cm³/mol. The van der Waals surface area contributed by atoms with Crippen LogP contribution in [0.2, 0.25) is 0 Å². The highest BCUT2D eigenvalue weighted by Gasteiger charge is 2.33. The summed E-state index contributed by atoms with van der Waals surface area (Å²) in [6, 6.07) is 11.8. The topological polar surface area (TPSA) is 75.9 Å². The van der Waals surface area contributed by atoms with E-state index in [9.17, 15) is 14.0 Å². The molecule has 36 heavy (non-hydrogen) atoms. The Morgan fingerprint density at radius 1 is 1.11 bits per heavy atom. The highest BCUT2D eigenvalue weighted by Crippen LogP contribution is 2.38. The molecule has 1 aromatic heterocycles. The van der Waals surface area contributed by atoms with Gasteiger partial charge in [0.05, 0.1) is 6.04 Å². The molecule has 1 unspecified atom stereocenters. The van der Waals surface area contributed by atoms with Gasteiger partial charge >= 0.3 is 0 Å². The molecule has 0 N–H and O–H groups in total. The molecule has 2 aromatic carbocycles. The van der Waals surface area contributed by atoms with Gasteiger partial charge in [-0.05, 0) is 60.2 Å². The van der Waals surface area contributed by atoms with Crippen molar-refractivity contribution in [2.45, 2.75) is 45.8 Å². The van der Waals surface area contributed by atoms with Gasteiger partial charge in [0.25, 0.3) is 5.91 Å². The van der Waals surface area contributed by atoms with Crippen LogP contribution in [-0.2, 0) is 17.8 Å². The lowest BCUT2D eigenvalue weighted by Gasteiger charge is -2.39. The number of rotatable bonds is 6.